The van der Waals surface area contributed by atoms with Gasteiger partial charge in [0.1, 0.15) is 0 Å². The summed E-state index contributed by atoms with van der Waals surface area (Å²) in [4.78, 5) is 19.4. The van der Waals surface area contributed by atoms with E-state index in [1.807, 2.05) is 28.8 Å². The third-order valence-corrected chi connectivity index (χ3v) is 6.34. The monoisotopic (exact) mass is 514 g/mol. The maximum absolute atomic E-state index is 13.1. The molecule has 32 heavy (non-hydrogen) atoms. The molecule has 174 valence electrons. The zero-order valence-corrected chi connectivity index (χ0v) is 19.8. The first kappa shape index (κ1) is 24.2. The number of para-hydroxylation sites is 2. The van der Waals surface area contributed by atoms with Crippen LogP contribution in [-0.4, -0.2) is 49.8 Å². The number of nitrogens with one attached hydrogen (secondary N) is 1. The number of amides is 1. The summed E-state index contributed by atoms with van der Waals surface area (Å²) < 4.78 is 42.2. The zero-order chi connectivity index (χ0) is 23.5. The molecule has 11 heteroatoms. The van der Waals surface area contributed by atoms with E-state index >= 15 is 0 Å². The summed E-state index contributed by atoms with van der Waals surface area (Å²) in [5.41, 5.74) is 1.01. The molecule has 1 amide bonds. The summed E-state index contributed by atoms with van der Waals surface area (Å²) in [5, 5.41) is 6.44. The summed E-state index contributed by atoms with van der Waals surface area (Å²) in [7, 11) is 0. The summed E-state index contributed by atoms with van der Waals surface area (Å²) >= 11 is 2.95. The molecular formula is C21H26BrF3N6O. The number of aryl methyl sites for hydroxylation is 1. The summed E-state index contributed by atoms with van der Waals surface area (Å²) in [6.07, 6.45) is -4.60. The van der Waals surface area contributed by atoms with Gasteiger partial charge in [-0.25, -0.2) is 4.98 Å². The van der Waals surface area contributed by atoms with Gasteiger partial charge >= 0.3 is 6.18 Å². The third kappa shape index (κ3) is 5.32. The highest BCUT2D eigenvalue weighted by molar-refractivity contribution is 9.10. The van der Waals surface area contributed by atoms with Gasteiger partial charge in [-0.2, -0.15) is 18.3 Å². The van der Waals surface area contributed by atoms with Crippen molar-refractivity contribution in [3.05, 3.63) is 40.1 Å². The smallest absolute Gasteiger partial charge is 0.309 e. The fraction of sp³-hybridized carbons (Fsp3) is 0.476. The van der Waals surface area contributed by atoms with Crippen LogP contribution >= 0.6 is 15.9 Å². The summed E-state index contributed by atoms with van der Waals surface area (Å²) in [5.74, 6) is 0.0849. The molecule has 0 saturated heterocycles. The molecule has 0 spiro atoms. The number of hydrogen-bond acceptors (Lipinski definition) is 4. The number of nitrogens with zero attached hydrogens (tertiary/aromatic N) is 5. The summed E-state index contributed by atoms with van der Waals surface area (Å²) in [6, 6.07) is 7.62. The first-order chi connectivity index (χ1) is 15.2. The summed E-state index contributed by atoms with van der Waals surface area (Å²) in [6.45, 7) is 9.03. The number of carbonyl (C=O) groups is 1. The molecule has 1 aromatic carbocycles. The molecule has 0 radical (unpaired) electrons. The van der Waals surface area contributed by atoms with Crippen molar-refractivity contribution in [3.63, 3.8) is 0 Å². The number of alkyl halides is 3. The van der Waals surface area contributed by atoms with E-state index < -0.39 is 11.9 Å². The van der Waals surface area contributed by atoms with Crippen molar-refractivity contribution in [1.82, 2.24) is 24.2 Å². The lowest BCUT2D eigenvalue weighted by Crippen LogP contribution is -2.28. The molecule has 0 fully saturated rings. The molecule has 7 nitrogen and oxygen atoms in total. The molecule has 0 saturated carbocycles. The quantitative estimate of drug-likeness (QED) is 0.449. The first-order valence-electron chi connectivity index (χ1n) is 10.4. The minimum Gasteiger partial charge on any atom is -0.309 e. The van der Waals surface area contributed by atoms with Crippen molar-refractivity contribution in [1.29, 1.82) is 0 Å². The van der Waals surface area contributed by atoms with Gasteiger partial charge in [-0.05, 0) is 48.1 Å². The normalized spacial score (nSPS) is 12.1. The number of benzene rings is 1. The number of imidazole rings is 1. The topological polar surface area (TPSA) is 68.0 Å². The standard InChI is InChI=1S/C21H26BrF3N6O/c1-4-29(5-2)12-13-30-16-9-7-6-8-15(16)26-20(30)27-17(32)10-11-31-14(3)18(22)19(28-31)21(23,24)25/h6-9H,4-5,10-13H2,1-3H3,(H,26,27,32). The van der Waals surface area contributed by atoms with Crippen LogP contribution in [0.2, 0.25) is 0 Å². The van der Waals surface area contributed by atoms with Gasteiger partial charge in [-0.3, -0.25) is 14.8 Å². The molecule has 0 unspecified atom stereocenters. The van der Waals surface area contributed by atoms with Crippen LogP contribution in [0.1, 0.15) is 31.7 Å². The molecule has 3 rings (SSSR count). The number of hydrogen-bond donors (Lipinski definition) is 1. The Labute approximate surface area is 192 Å². The van der Waals surface area contributed by atoms with Crippen LogP contribution in [0.25, 0.3) is 11.0 Å². The number of halogens is 4. The highest BCUT2D eigenvalue weighted by Crippen LogP contribution is 2.35. The molecule has 0 aliphatic heterocycles. The lowest BCUT2D eigenvalue weighted by molar-refractivity contribution is -0.142. The van der Waals surface area contributed by atoms with E-state index in [0.29, 0.717) is 18.2 Å². The van der Waals surface area contributed by atoms with Crippen molar-refractivity contribution in [3.8, 4) is 0 Å². The van der Waals surface area contributed by atoms with Crippen molar-refractivity contribution in [2.45, 2.75) is 46.5 Å². The predicted molar refractivity (Wildman–Crippen MR) is 120 cm³/mol. The Balaban J connectivity index is 1.74. The second kappa shape index (κ2) is 10.0. The predicted octanol–water partition coefficient (Wildman–Crippen LogP) is 4.69. The first-order valence-corrected chi connectivity index (χ1v) is 11.2. The largest absolute Gasteiger partial charge is 0.436 e. The van der Waals surface area contributed by atoms with Crippen LogP contribution in [0.5, 0.6) is 0 Å². The molecule has 3 aromatic rings. The van der Waals surface area contributed by atoms with Gasteiger partial charge in [0, 0.05) is 19.5 Å². The average Bonchev–Trinajstić information content (AvgIpc) is 3.24. The van der Waals surface area contributed by atoms with E-state index in [9.17, 15) is 18.0 Å². The Hall–Kier alpha value is -2.40. The number of aromatic nitrogens is 4. The maximum atomic E-state index is 13.1. The lowest BCUT2D eigenvalue weighted by Gasteiger charge is -2.19. The number of carbonyl (C=O) groups excluding carboxylic acids is 1. The molecule has 1 N–H and O–H groups in total. The number of rotatable bonds is 9. The van der Waals surface area contributed by atoms with E-state index in [4.69, 9.17) is 0 Å². The fourth-order valence-electron chi connectivity index (χ4n) is 3.50. The molecule has 2 heterocycles. The Bertz CT molecular complexity index is 1090. The fourth-order valence-corrected chi connectivity index (χ4v) is 4.01. The van der Waals surface area contributed by atoms with Crippen molar-refractivity contribution in [2.24, 2.45) is 0 Å². The van der Waals surface area contributed by atoms with E-state index in [0.717, 1.165) is 30.7 Å². The lowest BCUT2D eigenvalue weighted by atomic mass is 10.3. The molecule has 0 bridgehead atoms. The van der Waals surface area contributed by atoms with Gasteiger partial charge in [0.2, 0.25) is 11.9 Å². The van der Waals surface area contributed by atoms with E-state index in [1.165, 1.54) is 11.6 Å². The SMILES string of the molecule is CCN(CC)CCn1c(NC(=O)CCn2nc(C(F)(F)F)c(Br)c2C)nc2ccccc21. The second-order valence-corrected chi connectivity index (χ2v) is 8.16. The van der Waals surface area contributed by atoms with Gasteiger partial charge < -0.3 is 9.47 Å². The Morgan fingerprint density at radius 1 is 1.19 bits per heavy atom. The third-order valence-electron chi connectivity index (χ3n) is 5.39. The van der Waals surface area contributed by atoms with Crippen LogP contribution in [0.15, 0.2) is 28.7 Å². The van der Waals surface area contributed by atoms with E-state index in [-0.39, 0.29) is 23.3 Å². The van der Waals surface area contributed by atoms with Gasteiger partial charge in [0.15, 0.2) is 5.69 Å². The van der Waals surface area contributed by atoms with Crippen molar-refractivity contribution in [2.75, 3.05) is 25.0 Å². The highest BCUT2D eigenvalue weighted by Gasteiger charge is 2.37. The van der Waals surface area contributed by atoms with Crippen LogP contribution in [0.3, 0.4) is 0 Å². The molecule has 2 aromatic heterocycles. The van der Waals surface area contributed by atoms with Gasteiger partial charge in [0.25, 0.3) is 0 Å². The molecule has 0 atom stereocenters. The Kier molecular flexibility index (Phi) is 7.60. The van der Waals surface area contributed by atoms with Gasteiger partial charge in [0.05, 0.1) is 27.7 Å². The van der Waals surface area contributed by atoms with Crippen molar-refractivity contribution >= 4 is 38.8 Å². The Morgan fingerprint density at radius 3 is 2.50 bits per heavy atom. The van der Waals surface area contributed by atoms with Crippen LogP contribution in [0.4, 0.5) is 19.1 Å². The maximum Gasteiger partial charge on any atom is 0.436 e. The minimum absolute atomic E-state index is 0.0199. The van der Waals surface area contributed by atoms with Crippen LogP contribution in [-0.2, 0) is 24.1 Å². The molecule has 0 aliphatic rings. The van der Waals surface area contributed by atoms with E-state index in [2.05, 4.69) is 50.1 Å². The minimum atomic E-state index is -4.56. The number of likely N-dealkylation sites (N-methyl/N-ethyl adjacent to an activating group) is 1. The average molecular weight is 515 g/mol. The van der Waals surface area contributed by atoms with Gasteiger partial charge in [-0.1, -0.05) is 26.0 Å². The molecular weight excluding hydrogens is 489 g/mol. The number of anilines is 1. The Morgan fingerprint density at radius 2 is 1.88 bits per heavy atom. The van der Waals surface area contributed by atoms with E-state index in [1.54, 1.807) is 0 Å². The zero-order valence-electron chi connectivity index (χ0n) is 18.2. The number of fused-ring (bicyclic) bond motifs is 1. The second-order valence-electron chi connectivity index (χ2n) is 7.37. The van der Waals surface area contributed by atoms with Gasteiger partial charge in [-0.15, -0.1) is 0 Å². The highest BCUT2D eigenvalue weighted by atomic mass is 79.9. The van der Waals surface area contributed by atoms with Crippen LogP contribution in [0, 0.1) is 6.92 Å². The molecule has 0 aliphatic carbocycles. The van der Waals surface area contributed by atoms with Crippen molar-refractivity contribution < 1.29 is 18.0 Å². The van der Waals surface area contributed by atoms with Crippen LogP contribution < -0.4 is 5.32 Å².